The molecule has 0 bridgehead atoms. The molecule has 0 aliphatic rings. The number of nitrogens with one attached hydrogen (secondary N) is 1. The minimum absolute atomic E-state index is 0.0812. The van der Waals surface area contributed by atoms with Gasteiger partial charge in [-0.2, -0.15) is 13.2 Å². The predicted molar refractivity (Wildman–Crippen MR) is 91.6 cm³/mol. The van der Waals surface area contributed by atoms with Gasteiger partial charge >= 0.3 is 6.18 Å². The van der Waals surface area contributed by atoms with Gasteiger partial charge in [0.2, 0.25) is 0 Å². The molecule has 0 fully saturated rings. The van der Waals surface area contributed by atoms with Gasteiger partial charge in [0.25, 0.3) is 0 Å². The third kappa shape index (κ3) is 4.99. The van der Waals surface area contributed by atoms with Crippen molar-refractivity contribution in [3.05, 3.63) is 63.6 Å². The first-order valence-electron chi connectivity index (χ1n) is 7.27. The molecule has 0 atom stereocenters. The highest BCUT2D eigenvalue weighted by Gasteiger charge is 2.31. The molecule has 0 unspecified atom stereocenters. The van der Waals surface area contributed by atoms with Crippen LogP contribution >= 0.6 is 15.9 Å². The first kappa shape index (κ1) is 17.9. The van der Waals surface area contributed by atoms with Gasteiger partial charge in [0.05, 0.1) is 5.56 Å². The molecule has 2 aromatic rings. The van der Waals surface area contributed by atoms with Crippen molar-refractivity contribution in [3.63, 3.8) is 0 Å². The van der Waals surface area contributed by atoms with Crippen LogP contribution in [-0.4, -0.2) is 0 Å². The summed E-state index contributed by atoms with van der Waals surface area (Å²) in [6.07, 6.45) is -4.35. The van der Waals surface area contributed by atoms with Crippen LogP contribution < -0.4 is 5.32 Å². The smallest absolute Gasteiger partial charge is 0.381 e. The van der Waals surface area contributed by atoms with Crippen LogP contribution in [0.15, 0.2) is 46.9 Å². The van der Waals surface area contributed by atoms with Crippen molar-refractivity contribution in [2.75, 3.05) is 5.32 Å². The van der Waals surface area contributed by atoms with Crippen molar-refractivity contribution in [2.24, 2.45) is 0 Å². The Morgan fingerprint density at radius 2 is 1.52 bits per heavy atom. The lowest BCUT2D eigenvalue weighted by Crippen LogP contribution is -2.11. The molecular weight excluding hydrogens is 367 g/mol. The molecule has 2 aromatic carbocycles. The zero-order valence-corrected chi connectivity index (χ0v) is 14.8. The fourth-order valence-corrected chi connectivity index (χ4v) is 2.68. The van der Waals surface area contributed by atoms with E-state index in [0.717, 1.165) is 17.7 Å². The summed E-state index contributed by atoms with van der Waals surface area (Å²) in [5.74, 6) is 0. The fourth-order valence-electron chi connectivity index (χ4n) is 2.18. The number of hydrogen-bond acceptors (Lipinski definition) is 1. The first-order chi connectivity index (χ1) is 10.6. The minimum Gasteiger partial charge on any atom is -0.381 e. The number of anilines is 1. The zero-order valence-electron chi connectivity index (χ0n) is 13.3. The Morgan fingerprint density at radius 1 is 0.913 bits per heavy atom. The summed E-state index contributed by atoms with van der Waals surface area (Å²) in [4.78, 5) is 0. The largest absolute Gasteiger partial charge is 0.416 e. The van der Waals surface area contributed by atoms with Crippen LogP contribution in [0.2, 0.25) is 0 Å². The third-order valence-electron chi connectivity index (χ3n) is 3.54. The highest BCUT2D eigenvalue weighted by atomic mass is 79.9. The quantitative estimate of drug-likeness (QED) is 0.646. The number of halogens is 4. The summed E-state index contributed by atoms with van der Waals surface area (Å²) in [5.41, 5.74) is 2.09. The van der Waals surface area contributed by atoms with Gasteiger partial charge in [0.15, 0.2) is 0 Å². The number of rotatable bonds is 3. The van der Waals surface area contributed by atoms with Crippen LogP contribution in [0, 0.1) is 0 Å². The molecule has 2 rings (SSSR count). The van der Waals surface area contributed by atoms with Gasteiger partial charge in [-0.3, -0.25) is 0 Å². The van der Waals surface area contributed by atoms with Crippen LogP contribution in [-0.2, 0) is 18.1 Å². The van der Waals surface area contributed by atoms with Crippen molar-refractivity contribution >= 4 is 21.6 Å². The lowest BCUT2D eigenvalue weighted by Gasteiger charge is -2.19. The van der Waals surface area contributed by atoms with Gasteiger partial charge in [-0.05, 0) is 34.7 Å². The third-order valence-corrected chi connectivity index (χ3v) is 4.00. The standard InChI is InChI=1S/C18H19BrF3N/c1-17(2,3)13-6-4-12(5-7-13)11-23-16-9-14(18(20,21)22)8-15(19)10-16/h4-10,23H,11H2,1-3H3. The lowest BCUT2D eigenvalue weighted by molar-refractivity contribution is -0.137. The van der Waals surface area contributed by atoms with E-state index in [9.17, 15) is 13.2 Å². The average molecular weight is 386 g/mol. The fraction of sp³-hybridized carbons (Fsp3) is 0.333. The molecule has 124 valence electrons. The molecule has 0 aliphatic carbocycles. The average Bonchev–Trinajstić information content (AvgIpc) is 2.43. The molecule has 0 saturated carbocycles. The minimum atomic E-state index is -4.35. The summed E-state index contributed by atoms with van der Waals surface area (Å²) in [5, 5.41) is 3.04. The van der Waals surface area contributed by atoms with Crippen LogP contribution in [0.1, 0.15) is 37.5 Å². The van der Waals surface area contributed by atoms with Gasteiger partial charge < -0.3 is 5.32 Å². The van der Waals surface area contributed by atoms with Gasteiger partial charge in [0.1, 0.15) is 0 Å². The van der Waals surface area contributed by atoms with Gasteiger partial charge in [-0.15, -0.1) is 0 Å². The Bertz CT molecular complexity index is 670. The molecule has 0 aliphatic heterocycles. The second-order valence-corrected chi connectivity index (χ2v) is 7.44. The van der Waals surface area contributed by atoms with Crippen molar-refractivity contribution < 1.29 is 13.2 Å². The van der Waals surface area contributed by atoms with Crippen molar-refractivity contribution in [3.8, 4) is 0 Å². The number of benzene rings is 2. The first-order valence-corrected chi connectivity index (χ1v) is 8.06. The van der Waals surface area contributed by atoms with E-state index in [2.05, 4.69) is 54.2 Å². The maximum absolute atomic E-state index is 12.8. The predicted octanol–water partition coefficient (Wildman–Crippen LogP) is 6.38. The summed E-state index contributed by atoms with van der Waals surface area (Å²) in [6.45, 7) is 6.89. The molecule has 0 radical (unpaired) electrons. The summed E-state index contributed by atoms with van der Waals surface area (Å²) in [7, 11) is 0. The van der Waals surface area contributed by atoms with Crippen molar-refractivity contribution in [2.45, 2.75) is 38.9 Å². The van der Waals surface area contributed by atoms with Crippen LogP contribution in [0.3, 0.4) is 0 Å². The normalized spacial score (nSPS) is 12.3. The molecule has 5 heteroatoms. The maximum atomic E-state index is 12.8. The molecule has 0 saturated heterocycles. The summed E-state index contributed by atoms with van der Waals surface area (Å²) in [6, 6.07) is 11.9. The molecule has 0 spiro atoms. The van der Waals surface area contributed by atoms with Crippen LogP contribution in [0.25, 0.3) is 0 Å². The molecule has 23 heavy (non-hydrogen) atoms. The Morgan fingerprint density at radius 3 is 2.04 bits per heavy atom. The maximum Gasteiger partial charge on any atom is 0.416 e. The number of alkyl halides is 3. The molecule has 0 amide bonds. The van der Waals surface area contributed by atoms with Gasteiger partial charge in [0, 0.05) is 16.7 Å². The molecule has 0 aromatic heterocycles. The highest BCUT2D eigenvalue weighted by Crippen LogP contribution is 2.33. The van der Waals surface area contributed by atoms with E-state index in [0.29, 0.717) is 16.7 Å². The number of hydrogen-bond donors (Lipinski definition) is 1. The summed E-state index contributed by atoms with van der Waals surface area (Å²) < 4.78 is 38.9. The van der Waals surface area contributed by atoms with E-state index in [1.165, 1.54) is 5.56 Å². The van der Waals surface area contributed by atoms with E-state index < -0.39 is 11.7 Å². The molecule has 0 heterocycles. The second-order valence-electron chi connectivity index (χ2n) is 6.53. The molecular formula is C18H19BrF3N. The van der Waals surface area contributed by atoms with Crippen molar-refractivity contribution in [1.29, 1.82) is 0 Å². The van der Waals surface area contributed by atoms with E-state index in [4.69, 9.17) is 0 Å². The van der Waals surface area contributed by atoms with E-state index in [-0.39, 0.29) is 5.41 Å². The lowest BCUT2D eigenvalue weighted by atomic mass is 9.87. The molecule has 1 N–H and O–H groups in total. The van der Waals surface area contributed by atoms with E-state index in [1.54, 1.807) is 6.07 Å². The second kappa shape index (κ2) is 6.56. The highest BCUT2D eigenvalue weighted by molar-refractivity contribution is 9.10. The zero-order chi connectivity index (χ0) is 17.3. The Hall–Kier alpha value is -1.49. The van der Waals surface area contributed by atoms with Crippen LogP contribution in [0.5, 0.6) is 0 Å². The van der Waals surface area contributed by atoms with E-state index >= 15 is 0 Å². The van der Waals surface area contributed by atoms with Gasteiger partial charge in [-0.25, -0.2) is 0 Å². The Kier molecular flexibility index (Phi) is 5.09. The summed E-state index contributed by atoms with van der Waals surface area (Å²) >= 11 is 3.12. The Balaban J connectivity index is 2.11. The van der Waals surface area contributed by atoms with Crippen molar-refractivity contribution in [1.82, 2.24) is 0 Å². The Labute approximate surface area is 143 Å². The topological polar surface area (TPSA) is 12.0 Å². The monoisotopic (exact) mass is 385 g/mol. The van der Waals surface area contributed by atoms with E-state index in [1.807, 2.05) is 12.1 Å². The van der Waals surface area contributed by atoms with Gasteiger partial charge in [-0.1, -0.05) is 61.0 Å². The SMILES string of the molecule is CC(C)(C)c1ccc(CNc2cc(Br)cc(C(F)(F)F)c2)cc1. The van der Waals surface area contributed by atoms with Crippen LogP contribution in [0.4, 0.5) is 18.9 Å². The molecule has 1 nitrogen and oxygen atoms in total.